The lowest BCUT2D eigenvalue weighted by molar-refractivity contribution is 0.105. The molecular formula is C23H30N2O3. The average Bonchev–Trinajstić information content (AvgIpc) is 3.25. The van der Waals surface area contributed by atoms with Crippen molar-refractivity contribution in [1.82, 2.24) is 9.80 Å². The van der Waals surface area contributed by atoms with Gasteiger partial charge in [-0.3, -0.25) is 4.90 Å². The number of rotatable bonds is 9. The Morgan fingerprint density at radius 1 is 1.00 bits per heavy atom. The van der Waals surface area contributed by atoms with Crippen molar-refractivity contribution in [2.45, 2.75) is 25.9 Å². The highest BCUT2D eigenvalue weighted by Gasteiger charge is 2.11. The van der Waals surface area contributed by atoms with Crippen LogP contribution in [0.4, 0.5) is 4.79 Å². The monoisotopic (exact) mass is 382 g/mol. The fraction of sp³-hybridized carbons (Fsp3) is 0.435. The van der Waals surface area contributed by atoms with E-state index in [9.17, 15) is 4.79 Å². The number of amides is 1. The van der Waals surface area contributed by atoms with Crippen LogP contribution in [-0.2, 0) is 17.8 Å². The minimum Gasteiger partial charge on any atom is -0.492 e. The molecule has 0 aliphatic carbocycles. The van der Waals surface area contributed by atoms with Crippen LogP contribution < -0.4 is 4.74 Å². The zero-order valence-electron chi connectivity index (χ0n) is 16.7. The maximum absolute atomic E-state index is 12.1. The lowest BCUT2D eigenvalue weighted by Gasteiger charge is -2.17. The number of carbonyl (C=O) groups is 1. The molecule has 0 spiro atoms. The quantitative estimate of drug-likeness (QED) is 0.658. The molecule has 28 heavy (non-hydrogen) atoms. The Hall–Kier alpha value is -2.53. The number of likely N-dealkylation sites (tertiary alicyclic amines) is 1. The van der Waals surface area contributed by atoms with Gasteiger partial charge in [-0.05, 0) is 55.6 Å². The highest BCUT2D eigenvalue weighted by molar-refractivity contribution is 5.67. The Kier molecular flexibility index (Phi) is 7.73. The molecule has 2 aromatic rings. The second-order valence-electron chi connectivity index (χ2n) is 7.25. The molecule has 5 heteroatoms. The highest BCUT2D eigenvalue weighted by Crippen LogP contribution is 2.14. The van der Waals surface area contributed by atoms with Crippen LogP contribution in [0.1, 0.15) is 24.0 Å². The summed E-state index contributed by atoms with van der Waals surface area (Å²) < 4.78 is 11.2. The molecule has 1 aliphatic heterocycles. The lowest BCUT2D eigenvalue weighted by Crippen LogP contribution is -2.29. The highest BCUT2D eigenvalue weighted by atomic mass is 16.6. The summed E-state index contributed by atoms with van der Waals surface area (Å²) in [7, 11) is 1.77. The molecule has 0 unspecified atom stereocenters. The molecule has 1 fully saturated rings. The molecule has 0 N–H and O–H groups in total. The summed E-state index contributed by atoms with van der Waals surface area (Å²) in [4.78, 5) is 16.2. The van der Waals surface area contributed by atoms with Gasteiger partial charge in [0, 0.05) is 20.1 Å². The van der Waals surface area contributed by atoms with Crippen molar-refractivity contribution in [3.05, 3.63) is 65.7 Å². The molecule has 0 atom stereocenters. The number of carbonyl (C=O) groups excluding carboxylic acids is 1. The van der Waals surface area contributed by atoms with Crippen LogP contribution in [-0.4, -0.2) is 55.7 Å². The van der Waals surface area contributed by atoms with E-state index in [-0.39, 0.29) is 6.09 Å². The molecule has 0 aromatic heterocycles. The Labute approximate surface area is 167 Å². The molecule has 1 amide bonds. The smallest absolute Gasteiger partial charge is 0.409 e. The number of hydrogen-bond donors (Lipinski definition) is 0. The second-order valence-corrected chi connectivity index (χ2v) is 7.25. The van der Waals surface area contributed by atoms with Gasteiger partial charge in [-0.2, -0.15) is 0 Å². The van der Waals surface area contributed by atoms with Crippen molar-refractivity contribution >= 4 is 6.09 Å². The van der Waals surface area contributed by atoms with Crippen molar-refractivity contribution in [1.29, 1.82) is 0 Å². The molecule has 5 nitrogen and oxygen atoms in total. The molecule has 2 aromatic carbocycles. The fourth-order valence-corrected chi connectivity index (χ4v) is 3.27. The third-order valence-corrected chi connectivity index (χ3v) is 5.05. The Morgan fingerprint density at radius 3 is 2.43 bits per heavy atom. The molecule has 0 bridgehead atoms. The zero-order valence-corrected chi connectivity index (χ0v) is 16.7. The van der Waals surface area contributed by atoms with E-state index in [1.807, 2.05) is 42.5 Å². The number of nitrogens with zero attached hydrogens (tertiary/aromatic N) is 2. The van der Waals surface area contributed by atoms with Crippen molar-refractivity contribution in [3.63, 3.8) is 0 Å². The maximum Gasteiger partial charge on any atom is 0.409 e. The summed E-state index contributed by atoms with van der Waals surface area (Å²) in [6.45, 7) is 5.04. The summed E-state index contributed by atoms with van der Waals surface area (Å²) in [6, 6.07) is 17.9. The van der Waals surface area contributed by atoms with Crippen LogP contribution in [0.2, 0.25) is 0 Å². The van der Waals surface area contributed by atoms with E-state index in [1.165, 1.54) is 31.5 Å². The Balaban J connectivity index is 1.34. The van der Waals surface area contributed by atoms with Gasteiger partial charge in [0.25, 0.3) is 0 Å². The van der Waals surface area contributed by atoms with Crippen molar-refractivity contribution in [2.24, 2.45) is 0 Å². The molecule has 1 heterocycles. The predicted octanol–water partition coefficient (Wildman–Crippen LogP) is 3.97. The topological polar surface area (TPSA) is 42.0 Å². The first-order valence-corrected chi connectivity index (χ1v) is 10.1. The molecule has 0 saturated carbocycles. The fourth-order valence-electron chi connectivity index (χ4n) is 3.27. The van der Waals surface area contributed by atoms with E-state index in [4.69, 9.17) is 9.47 Å². The summed E-state index contributed by atoms with van der Waals surface area (Å²) in [5.74, 6) is 0.901. The average molecular weight is 383 g/mol. The molecule has 1 saturated heterocycles. The first-order chi connectivity index (χ1) is 13.7. The van der Waals surface area contributed by atoms with E-state index in [0.29, 0.717) is 13.2 Å². The number of likely N-dealkylation sites (N-methyl/N-ethyl adjacent to an activating group) is 1. The van der Waals surface area contributed by atoms with Gasteiger partial charge in [-0.15, -0.1) is 0 Å². The van der Waals surface area contributed by atoms with Gasteiger partial charge >= 0.3 is 6.09 Å². The van der Waals surface area contributed by atoms with Gasteiger partial charge in [-0.1, -0.05) is 42.5 Å². The number of benzene rings is 2. The standard InChI is InChI=1S/C23H30N2O3/c1-24(23(26)28-19-21-7-3-2-4-8-21)16-13-20-9-11-22(12-10-20)27-18-17-25-14-5-6-15-25/h2-4,7-12H,5-6,13-19H2,1H3. The summed E-state index contributed by atoms with van der Waals surface area (Å²) in [5, 5.41) is 0. The van der Waals surface area contributed by atoms with E-state index in [2.05, 4.69) is 17.0 Å². The maximum atomic E-state index is 12.1. The summed E-state index contributed by atoms with van der Waals surface area (Å²) in [6.07, 6.45) is 3.10. The van der Waals surface area contributed by atoms with E-state index in [1.54, 1.807) is 11.9 Å². The summed E-state index contributed by atoms with van der Waals surface area (Å²) in [5.41, 5.74) is 2.17. The molecule has 3 rings (SSSR count). The third kappa shape index (κ3) is 6.57. The second kappa shape index (κ2) is 10.7. The van der Waals surface area contributed by atoms with Crippen LogP contribution >= 0.6 is 0 Å². The normalized spacial score (nSPS) is 14.0. The van der Waals surface area contributed by atoms with Crippen LogP contribution in [0.3, 0.4) is 0 Å². The first-order valence-electron chi connectivity index (χ1n) is 10.1. The van der Waals surface area contributed by atoms with E-state index in [0.717, 1.165) is 30.9 Å². The van der Waals surface area contributed by atoms with Crippen molar-refractivity contribution in [2.75, 3.05) is 39.8 Å². The van der Waals surface area contributed by atoms with E-state index < -0.39 is 0 Å². The Bertz CT molecular complexity index is 712. The SMILES string of the molecule is CN(CCc1ccc(OCCN2CCCC2)cc1)C(=O)OCc1ccccc1. The van der Waals surface area contributed by atoms with Crippen molar-refractivity contribution < 1.29 is 14.3 Å². The van der Waals surface area contributed by atoms with Gasteiger partial charge in [0.15, 0.2) is 0 Å². The molecule has 0 radical (unpaired) electrons. The van der Waals surface area contributed by atoms with Crippen LogP contribution in [0.25, 0.3) is 0 Å². The predicted molar refractivity (Wildman–Crippen MR) is 111 cm³/mol. The van der Waals surface area contributed by atoms with Gasteiger partial charge in [-0.25, -0.2) is 4.79 Å². The van der Waals surface area contributed by atoms with Gasteiger partial charge in [0.05, 0.1) is 0 Å². The number of ether oxygens (including phenoxy) is 2. The first kappa shape index (κ1) is 20.2. The Morgan fingerprint density at radius 2 is 1.71 bits per heavy atom. The largest absolute Gasteiger partial charge is 0.492 e. The minimum atomic E-state index is -0.300. The molecular weight excluding hydrogens is 352 g/mol. The van der Waals surface area contributed by atoms with E-state index >= 15 is 0 Å². The zero-order chi connectivity index (χ0) is 19.6. The van der Waals surface area contributed by atoms with Gasteiger partial charge in [0.2, 0.25) is 0 Å². The molecule has 150 valence electrons. The lowest BCUT2D eigenvalue weighted by atomic mass is 10.1. The van der Waals surface area contributed by atoms with Crippen LogP contribution in [0.15, 0.2) is 54.6 Å². The van der Waals surface area contributed by atoms with Gasteiger partial charge < -0.3 is 14.4 Å². The van der Waals surface area contributed by atoms with Crippen LogP contribution in [0.5, 0.6) is 5.75 Å². The summed E-state index contributed by atoms with van der Waals surface area (Å²) >= 11 is 0. The molecule has 1 aliphatic rings. The van der Waals surface area contributed by atoms with Crippen LogP contribution in [0, 0.1) is 0 Å². The third-order valence-electron chi connectivity index (χ3n) is 5.05. The number of hydrogen-bond acceptors (Lipinski definition) is 4. The minimum absolute atomic E-state index is 0.299. The van der Waals surface area contributed by atoms with Crippen molar-refractivity contribution in [3.8, 4) is 5.75 Å². The van der Waals surface area contributed by atoms with Gasteiger partial charge in [0.1, 0.15) is 19.0 Å².